The van der Waals surface area contributed by atoms with Gasteiger partial charge in [-0.15, -0.1) is 0 Å². The predicted molar refractivity (Wildman–Crippen MR) is 197 cm³/mol. The second-order valence-electron chi connectivity index (χ2n) is 13.4. The molecule has 0 fully saturated rings. The van der Waals surface area contributed by atoms with Gasteiger partial charge in [0.25, 0.3) is 0 Å². The van der Waals surface area contributed by atoms with Gasteiger partial charge in [-0.3, -0.25) is 4.98 Å². The van der Waals surface area contributed by atoms with Crippen LogP contribution in [0.1, 0.15) is 26.3 Å². The highest BCUT2D eigenvalue weighted by Crippen LogP contribution is 2.39. The first-order valence-corrected chi connectivity index (χ1v) is 16.3. The second kappa shape index (κ2) is 11.4. The van der Waals surface area contributed by atoms with E-state index in [4.69, 9.17) is 9.97 Å². The van der Waals surface area contributed by atoms with E-state index in [-0.39, 0.29) is 11.2 Å². The van der Waals surface area contributed by atoms with Crippen molar-refractivity contribution in [3.05, 3.63) is 145 Å². The van der Waals surface area contributed by atoms with Crippen molar-refractivity contribution in [1.82, 2.24) is 19.1 Å². The van der Waals surface area contributed by atoms with Crippen molar-refractivity contribution in [2.75, 3.05) is 0 Å². The van der Waals surface area contributed by atoms with E-state index < -0.39 is 0 Å². The van der Waals surface area contributed by atoms with Gasteiger partial charge in [-0.1, -0.05) is 87.5 Å². The highest BCUT2D eigenvalue weighted by molar-refractivity contribution is 6.08. The lowest BCUT2D eigenvalue weighted by Crippen LogP contribution is -2.11. The van der Waals surface area contributed by atoms with Crippen molar-refractivity contribution in [3.8, 4) is 56.3 Å². The number of hydrogen-bond donors (Lipinski definition) is 1. The summed E-state index contributed by atoms with van der Waals surface area (Å²) in [6, 6.07) is 43.6. The molecule has 0 radical (unpaired) electrons. The molecule has 234 valence electrons. The van der Waals surface area contributed by atoms with Crippen LogP contribution in [-0.4, -0.2) is 24.2 Å². The summed E-state index contributed by atoms with van der Waals surface area (Å²) in [6.07, 6.45) is 4.01. The lowest BCUT2D eigenvalue weighted by Gasteiger charge is -2.19. The van der Waals surface area contributed by atoms with Crippen LogP contribution in [0.3, 0.4) is 0 Å². The molecule has 48 heavy (non-hydrogen) atoms. The van der Waals surface area contributed by atoms with Crippen LogP contribution in [0, 0.1) is 0 Å². The fourth-order valence-electron chi connectivity index (χ4n) is 6.75. The molecule has 1 N–H and O–H groups in total. The third-order valence-electron chi connectivity index (χ3n) is 9.23. The van der Waals surface area contributed by atoms with Crippen molar-refractivity contribution < 1.29 is 5.11 Å². The van der Waals surface area contributed by atoms with Gasteiger partial charge in [0.05, 0.1) is 39.3 Å². The van der Waals surface area contributed by atoms with Crippen LogP contribution in [0.4, 0.5) is 0 Å². The van der Waals surface area contributed by atoms with Crippen molar-refractivity contribution in [3.63, 3.8) is 0 Å². The third kappa shape index (κ3) is 5.05. The summed E-state index contributed by atoms with van der Waals surface area (Å²) in [5, 5.41) is 12.2. The van der Waals surface area contributed by atoms with Gasteiger partial charge < -0.3 is 14.2 Å². The second-order valence-corrected chi connectivity index (χ2v) is 13.4. The third-order valence-corrected chi connectivity index (χ3v) is 9.23. The Morgan fingerprint density at radius 3 is 2.12 bits per heavy atom. The summed E-state index contributed by atoms with van der Waals surface area (Å²) in [7, 11) is 2.10. The highest BCUT2D eigenvalue weighted by atomic mass is 16.3. The lowest BCUT2D eigenvalue weighted by atomic mass is 9.87. The van der Waals surface area contributed by atoms with Gasteiger partial charge in [0.2, 0.25) is 0 Å². The number of phenolic OH excluding ortho intramolecular Hbond substituents is 1. The molecule has 8 aromatic rings. The molecule has 0 saturated heterocycles. The molecule has 0 amide bonds. The maximum Gasteiger partial charge on any atom is 0.124 e. The van der Waals surface area contributed by atoms with Crippen molar-refractivity contribution in [2.24, 2.45) is 7.05 Å². The van der Waals surface area contributed by atoms with Crippen molar-refractivity contribution >= 4 is 21.9 Å². The van der Waals surface area contributed by atoms with E-state index in [1.807, 2.05) is 24.4 Å². The number of nitrogens with zero attached hydrogens (tertiary/aromatic N) is 4. The Kier molecular flexibility index (Phi) is 6.99. The van der Waals surface area contributed by atoms with E-state index in [2.05, 4.69) is 146 Å². The lowest BCUT2D eigenvalue weighted by molar-refractivity contribution is 0.477. The average Bonchev–Trinajstić information content (AvgIpc) is 3.65. The number of aromatic hydroxyl groups is 1. The standard InChI is InChI=1S/C43H36N4O/c1-43(2,3)31-20-22-44-35(27-31)28-12-11-13-29(24-28)36-25-30(26-37(45-36)33-15-7-10-19-41(33)48)32-14-5-8-17-38(32)47-39-18-9-6-16-34(39)42-40(47)21-23-46(42)4/h5-27,48H,1-4H3. The SMILES string of the molecule is Cn1ccc2c1c1ccccc1n2-c1ccccc1-c1cc(-c2cccc(-c3cc(C(C)(C)C)ccn3)c2)nc(-c2ccccc2O)c1. The fourth-order valence-corrected chi connectivity index (χ4v) is 6.75. The smallest absolute Gasteiger partial charge is 0.124 e. The van der Waals surface area contributed by atoms with Gasteiger partial charge in [-0.2, -0.15) is 0 Å². The summed E-state index contributed by atoms with van der Waals surface area (Å²) in [5.74, 6) is 0.195. The topological polar surface area (TPSA) is 55.9 Å². The zero-order chi connectivity index (χ0) is 33.0. The summed E-state index contributed by atoms with van der Waals surface area (Å²) in [5.41, 5.74) is 13.1. The van der Waals surface area contributed by atoms with Gasteiger partial charge in [0.1, 0.15) is 5.75 Å². The number of aromatic nitrogens is 4. The number of benzene rings is 4. The molecule has 5 heteroatoms. The van der Waals surface area contributed by atoms with Gasteiger partial charge in [0, 0.05) is 47.1 Å². The Labute approximate surface area is 280 Å². The Morgan fingerprint density at radius 1 is 0.604 bits per heavy atom. The summed E-state index contributed by atoms with van der Waals surface area (Å²) in [4.78, 5) is 9.89. The summed E-state index contributed by atoms with van der Waals surface area (Å²) < 4.78 is 4.55. The molecule has 0 aliphatic carbocycles. The van der Waals surface area contributed by atoms with Crippen LogP contribution in [-0.2, 0) is 12.5 Å². The molecule has 0 atom stereocenters. The van der Waals surface area contributed by atoms with E-state index in [1.54, 1.807) is 6.07 Å². The molecule has 4 aromatic carbocycles. The van der Waals surface area contributed by atoms with E-state index in [0.29, 0.717) is 11.3 Å². The molecule has 4 aromatic heterocycles. The Morgan fingerprint density at radius 2 is 1.31 bits per heavy atom. The largest absolute Gasteiger partial charge is 0.507 e. The van der Waals surface area contributed by atoms with Crippen molar-refractivity contribution in [2.45, 2.75) is 26.2 Å². The molecule has 0 aliphatic rings. The van der Waals surface area contributed by atoms with Crippen LogP contribution in [0.5, 0.6) is 5.75 Å². The molecule has 0 aliphatic heterocycles. The first kappa shape index (κ1) is 29.5. The van der Waals surface area contributed by atoms with Crippen molar-refractivity contribution in [1.29, 1.82) is 0 Å². The normalized spacial score (nSPS) is 11.8. The van der Waals surface area contributed by atoms with E-state index >= 15 is 0 Å². The summed E-state index contributed by atoms with van der Waals surface area (Å²) in [6.45, 7) is 6.65. The van der Waals surface area contributed by atoms with Crippen LogP contribution in [0.15, 0.2) is 140 Å². The Hall–Kier alpha value is -5.94. The zero-order valence-corrected chi connectivity index (χ0v) is 27.5. The zero-order valence-electron chi connectivity index (χ0n) is 27.5. The minimum Gasteiger partial charge on any atom is -0.507 e. The number of pyridine rings is 2. The van der Waals surface area contributed by atoms with Gasteiger partial charge in [-0.05, 0) is 77.2 Å². The molecule has 0 spiro atoms. The number of para-hydroxylation sites is 3. The predicted octanol–water partition coefficient (Wildman–Crippen LogP) is 10.6. The monoisotopic (exact) mass is 624 g/mol. The molecule has 8 rings (SSSR count). The van der Waals surface area contributed by atoms with Crippen LogP contribution in [0.25, 0.3) is 72.5 Å². The Balaban J connectivity index is 1.34. The van der Waals surface area contributed by atoms with Gasteiger partial charge in [-0.25, -0.2) is 4.98 Å². The Bertz CT molecular complexity index is 2480. The van der Waals surface area contributed by atoms with Crippen LogP contribution in [0.2, 0.25) is 0 Å². The number of fused-ring (bicyclic) bond motifs is 3. The molecular formula is C43H36N4O. The first-order valence-electron chi connectivity index (χ1n) is 16.3. The number of phenols is 1. The fraction of sp³-hybridized carbons (Fsp3) is 0.116. The minimum atomic E-state index is 0.0154. The van der Waals surface area contributed by atoms with Crippen LogP contribution < -0.4 is 0 Å². The number of rotatable bonds is 5. The van der Waals surface area contributed by atoms with E-state index in [1.165, 1.54) is 16.5 Å². The molecule has 4 heterocycles. The molecule has 5 nitrogen and oxygen atoms in total. The van der Waals surface area contributed by atoms with Crippen LogP contribution >= 0.6 is 0 Å². The van der Waals surface area contributed by atoms with E-state index in [0.717, 1.165) is 50.4 Å². The first-order chi connectivity index (χ1) is 23.3. The molecule has 0 bridgehead atoms. The summed E-state index contributed by atoms with van der Waals surface area (Å²) >= 11 is 0. The minimum absolute atomic E-state index is 0.0154. The number of aryl methyl sites for hydroxylation is 1. The quantitative estimate of drug-likeness (QED) is 0.207. The average molecular weight is 625 g/mol. The number of hydrogen-bond acceptors (Lipinski definition) is 3. The van der Waals surface area contributed by atoms with Gasteiger partial charge >= 0.3 is 0 Å². The molecular weight excluding hydrogens is 589 g/mol. The molecule has 0 unspecified atom stereocenters. The van der Waals surface area contributed by atoms with Gasteiger partial charge in [0.15, 0.2) is 0 Å². The van der Waals surface area contributed by atoms with E-state index in [9.17, 15) is 5.11 Å². The molecule has 0 saturated carbocycles. The maximum absolute atomic E-state index is 11.0. The highest BCUT2D eigenvalue weighted by Gasteiger charge is 2.20. The maximum atomic E-state index is 11.0.